The predicted molar refractivity (Wildman–Crippen MR) is 92.4 cm³/mol. The number of rotatable bonds is 5. The van der Waals surface area contributed by atoms with Crippen LogP contribution in [0.4, 0.5) is 0 Å². The van der Waals surface area contributed by atoms with Crippen molar-refractivity contribution in [3.63, 3.8) is 0 Å². The van der Waals surface area contributed by atoms with Gasteiger partial charge in [-0.3, -0.25) is 14.4 Å². The number of aryl methyl sites for hydroxylation is 1. The highest BCUT2D eigenvalue weighted by Gasteiger charge is 2.27. The zero-order chi connectivity index (χ0) is 16.2. The van der Waals surface area contributed by atoms with Crippen LogP contribution in [-0.4, -0.2) is 39.7 Å². The molecule has 0 saturated carbocycles. The van der Waals surface area contributed by atoms with Gasteiger partial charge in [-0.15, -0.1) is 11.3 Å². The lowest BCUT2D eigenvalue weighted by atomic mass is 9.91. The minimum absolute atomic E-state index is 0.0650. The zero-order valence-electron chi connectivity index (χ0n) is 13.7. The normalized spacial score (nSPS) is 18.0. The highest BCUT2D eigenvalue weighted by atomic mass is 32.1. The number of thiophene rings is 1. The van der Waals surface area contributed by atoms with Crippen LogP contribution in [-0.2, 0) is 18.4 Å². The molecule has 1 N–H and O–H groups in total. The van der Waals surface area contributed by atoms with Crippen LogP contribution in [0.3, 0.4) is 0 Å². The summed E-state index contributed by atoms with van der Waals surface area (Å²) >= 11 is 1.68. The van der Waals surface area contributed by atoms with Crippen molar-refractivity contribution in [3.8, 4) is 0 Å². The second-order valence-electron chi connectivity index (χ2n) is 6.23. The zero-order valence-corrected chi connectivity index (χ0v) is 14.6. The summed E-state index contributed by atoms with van der Waals surface area (Å²) in [6.45, 7) is 4.57. The van der Waals surface area contributed by atoms with Crippen molar-refractivity contribution in [3.05, 3.63) is 40.3 Å². The van der Waals surface area contributed by atoms with Gasteiger partial charge in [-0.2, -0.15) is 5.10 Å². The topological polar surface area (TPSA) is 50.2 Å². The average molecular weight is 332 g/mol. The minimum atomic E-state index is -0.0650. The third kappa shape index (κ3) is 4.00. The Labute approximate surface area is 141 Å². The highest BCUT2D eigenvalue weighted by molar-refractivity contribution is 7.09. The van der Waals surface area contributed by atoms with Crippen molar-refractivity contribution in [1.29, 1.82) is 0 Å². The van der Waals surface area contributed by atoms with Crippen molar-refractivity contribution in [2.75, 3.05) is 13.1 Å². The molecule has 0 unspecified atom stereocenters. The molecule has 1 amide bonds. The molecule has 0 aliphatic carbocycles. The number of hydrogen-bond acceptors (Lipinski definition) is 4. The molecule has 0 aromatic carbocycles. The van der Waals surface area contributed by atoms with Gasteiger partial charge in [-0.1, -0.05) is 6.07 Å². The van der Waals surface area contributed by atoms with Crippen LogP contribution in [0.1, 0.15) is 36.1 Å². The third-order valence-electron chi connectivity index (χ3n) is 4.67. The number of piperidine rings is 1. The Hall–Kier alpha value is -1.66. The number of likely N-dealkylation sites (tertiary alicyclic amines) is 1. The third-order valence-corrected chi connectivity index (χ3v) is 5.55. The fourth-order valence-corrected chi connectivity index (χ4v) is 3.82. The number of amides is 1. The quantitative estimate of drug-likeness (QED) is 0.914. The van der Waals surface area contributed by atoms with Crippen LogP contribution in [0.15, 0.2) is 29.9 Å². The summed E-state index contributed by atoms with van der Waals surface area (Å²) in [6, 6.07) is 4.00. The Morgan fingerprint density at radius 1 is 1.48 bits per heavy atom. The van der Waals surface area contributed by atoms with E-state index in [9.17, 15) is 4.79 Å². The number of carbonyl (C=O) groups excluding carboxylic acids is 1. The molecule has 6 heteroatoms. The van der Waals surface area contributed by atoms with E-state index in [-0.39, 0.29) is 11.9 Å². The maximum atomic E-state index is 12.3. The lowest BCUT2D eigenvalue weighted by Crippen LogP contribution is -2.47. The Kier molecular flexibility index (Phi) is 5.13. The van der Waals surface area contributed by atoms with Crippen molar-refractivity contribution in [2.24, 2.45) is 7.05 Å². The monoisotopic (exact) mass is 332 g/mol. The van der Waals surface area contributed by atoms with Gasteiger partial charge in [0.2, 0.25) is 5.91 Å². The van der Waals surface area contributed by atoms with Gasteiger partial charge in [0.05, 0.1) is 18.8 Å². The van der Waals surface area contributed by atoms with E-state index in [1.54, 1.807) is 11.3 Å². The molecule has 0 radical (unpaired) electrons. The Bertz CT molecular complexity index is 629. The fraction of sp³-hybridized carbons (Fsp3) is 0.529. The van der Waals surface area contributed by atoms with Crippen LogP contribution in [0.5, 0.6) is 0 Å². The van der Waals surface area contributed by atoms with E-state index in [0.717, 1.165) is 25.9 Å². The van der Waals surface area contributed by atoms with E-state index < -0.39 is 0 Å². The summed E-state index contributed by atoms with van der Waals surface area (Å²) < 4.78 is 1.86. The van der Waals surface area contributed by atoms with E-state index in [1.165, 1.54) is 10.4 Å². The molecule has 23 heavy (non-hydrogen) atoms. The molecule has 1 aliphatic heterocycles. The standard InChI is InChI=1S/C17H24N4OS/c1-13(17(22)18-11-16-4-3-9-23-16)21-7-5-14(6-8-21)15-10-19-20(2)12-15/h3-4,9-10,12-14H,5-8,11H2,1-2H3,(H,18,22)/t13-/m1/s1. The lowest BCUT2D eigenvalue weighted by Gasteiger charge is -2.35. The molecule has 0 bridgehead atoms. The SMILES string of the molecule is C[C@H](C(=O)NCc1cccs1)N1CCC(c2cnn(C)c2)CC1. The van der Waals surface area contributed by atoms with Crippen LogP contribution < -0.4 is 5.32 Å². The van der Waals surface area contributed by atoms with Crippen LogP contribution in [0.2, 0.25) is 0 Å². The number of carbonyl (C=O) groups is 1. The number of nitrogens with zero attached hydrogens (tertiary/aromatic N) is 3. The van der Waals surface area contributed by atoms with Crippen molar-refractivity contribution >= 4 is 17.2 Å². The fourth-order valence-electron chi connectivity index (χ4n) is 3.17. The van der Waals surface area contributed by atoms with Gasteiger partial charge < -0.3 is 5.32 Å². The largest absolute Gasteiger partial charge is 0.350 e. The number of nitrogens with one attached hydrogen (secondary N) is 1. The molecule has 3 heterocycles. The van der Waals surface area contributed by atoms with Crippen LogP contribution in [0, 0.1) is 0 Å². The number of aromatic nitrogens is 2. The molecule has 2 aromatic rings. The first-order valence-electron chi connectivity index (χ1n) is 8.16. The lowest BCUT2D eigenvalue weighted by molar-refractivity contribution is -0.126. The summed E-state index contributed by atoms with van der Waals surface area (Å²) in [6.07, 6.45) is 6.26. The summed E-state index contributed by atoms with van der Waals surface area (Å²) in [5, 5.41) is 9.34. The van der Waals surface area contributed by atoms with Gasteiger partial charge in [0, 0.05) is 18.1 Å². The second kappa shape index (κ2) is 7.27. The molecular formula is C17H24N4OS. The first kappa shape index (κ1) is 16.2. The first-order valence-corrected chi connectivity index (χ1v) is 9.04. The second-order valence-corrected chi connectivity index (χ2v) is 7.26. The first-order chi connectivity index (χ1) is 11.1. The molecule has 1 atom stereocenters. The molecule has 1 aliphatic rings. The van der Waals surface area contributed by atoms with E-state index in [0.29, 0.717) is 12.5 Å². The van der Waals surface area contributed by atoms with Gasteiger partial charge in [0.15, 0.2) is 0 Å². The molecule has 1 saturated heterocycles. The van der Waals surface area contributed by atoms with Crippen LogP contribution in [0.25, 0.3) is 0 Å². The smallest absolute Gasteiger partial charge is 0.237 e. The predicted octanol–water partition coefficient (Wildman–Crippen LogP) is 2.37. The summed E-state index contributed by atoms with van der Waals surface area (Å²) in [5.74, 6) is 0.694. The van der Waals surface area contributed by atoms with Gasteiger partial charge in [0.25, 0.3) is 0 Å². The summed E-state index contributed by atoms with van der Waals surface area (Å²) in [4.78, 5) is 15.8. The molecule has 3 rings (SSSR count). The maximum Gasteiger partial charge on any atom is 0.237 e. The average Bonchev–Trinajstić information content (AvgIpc) is 3.23. The molecular weight excluding hydrogens is 308 g/mol. The van der Waals surface area contributed by atoms with Gasteiger partial charge >= 0.3 is 0 Å². The van der Waals surface area contributed by atoms with Gasteiger partial charge in [-0.25, -0.2) is 0 Å². The summed E-state index contributed by atoms with van der Waals surface area (Å²) in [5.41, 5.74) is 1.32. The summed E-state index contributed by atoms with van der Waals surface area (Å²) in [7, 11) is 1.96. The van der Waals surface area contributed by atoms with Gasteiger partial charge in [0.1, 0.15) is 0 Å². The van der Waals surface area contributed by atoms with E-state index >= 15 is 0 Å². The molecule has 2 aromatic heterocycles. The molecule has 0 spiro atoms. The van der Waals surface area contributed by atoms with Crippen LogP contribution >= 0.6 is 11.3 Å². The molecule has 124 valence electrons. The maximum absolute atomic E-state index is 12.3. The Balaban J connectivity index is 1.47. The molecule has 5 nitrogen and oxygen atoms in total. The minimum Gasteiger partial charge on any atom is -0.350 e. The van der Waals surface area contributed by atoms with E-state index in [1.807, 2.05) is 36.3 Å². The van der Waals surface area contributed by atoms with E-state index in [2.05, 4.69) is 27.6 Å². The van der Waals surface area contributed by atoms with Crippen molar-refractivity contribution < 1.29 is 4.79 Å². The molecule has 1 fully saturated rings. The van der Waals surface area contributed by atoms with E-state index in [4.69, 9.17) is 0 Å². The number of hydrogen-bond donors (Lipinski definition) is 1. The van der Waals surface area contributed by atoms with Crippen molar-refractivity contribution in [1.82, 2.24) is 20.0 Å². The Morgan fingerprint density at radius 3 is 2.87 bits per heavy atom. The highest BCUT2D eigenvalue weighted by Crippen LogP contribution is 2.28. The van der Waals surface area contributed by atoms with Gasteiger partial charge in [-0.05, 0) is 55.8 Å². The Morgan fingerprint density at radius 2 is 2.26 bits per heavy atom. The van der Waals surface area contributed by atoms with Crippen molar-refractivity contribution in [2.45, 2.75) is 38.3 Å².